The first-order valence-corrected chi connectivity index (χ1v) is 8.43. The van der Waals surface area contributed by atoms with Gasteiger partial charge in [-0.05, 0) is 36.4 Å². The maximum Gasteiger partial charge on any atom is 0.387 e. The molecule has 0 saturated heterocycles. The van der Waals surface area contributed by atoms with Gasteiger partial charge in [-0.2, -0.15) is 8.78 Å². The number of alkyl halides is 2. The first-order chi connectivity index (χ1) is 13.0. The van der Waals surface area contributed by atoms with Crippen LogP contribution in [0.25, 0.3) is 17.5 Å². The van der Waals surface area contributed by atoms with Crippen LogP contribution in [0.2, 0.25) is 0 Å². The summed E-state index contributed by atoms with van der Waals surface area (Å²) in [5, 5.41) is 10.0. The average Bonchev–Trinajstić information content (AvgIpc) is 3.11. The zero-order valence-electron chi connectivity index (χ0n) is 13.6. The molecule has 0 aliphatic heterocycles. The van der Waals surface area contributed by atoms with Gasteiger partial charge in [-0.15, -0.1) is 5.10 Å². The van der Waals surface area contributed by atoms with Crippen molar-refractivity contribution in [2.45, 2.75) is 6.61 Å². The predicted molar refractivity (Wildman–Crippen MR) is 98.2 cm³/mol. The summed E-state index contributed by atoms with van der Waals surface area (Å²) in [6.07, 6.45) is 2.48. The van der Waals surface area contributed by atoms with Crippen LogP contribution in [-0.2, 0) is 4.79 Å². The minimum atomic E-state index is -2.97. The molecule has 1 heterocycles. The second-order valence-corrected chi connectivity index (χ2v) is 6.08. The number of anilines is 1. The lowest BCUT2D eigenvalue weighted by atomic mass is 10.2. The molecule has 1 aromatic heterocycles. The third-order valence-electron chi connectivity index (χ3n) is 3.28. The van der Waals surface area contributed by atoms with E-state index in [0.717, 1.165) is 6.08 Å². The number of nitrogens with zero attached hydrogens (tertiary/aromatic N) is 2. The van der Waals surface area contributed by atoms with Crippen molar-refractivity contribution >= 4 is 33.9 Å². The van der Waals surface area contributed by atoms with Crippen molar-refractivity contribution < 1.29 is 22.7 Å². The van der Waals surface area contributed by atoms with Crippen molar-refractivity contribution in [1.82, 2.24) is 10.2 Å². The lowest BCUT2D eigenvalue weighted by molar-refractivity contribution is -0.112. The van der Waals surface area contributed by atoms with E-state index >= 15 is 0 Å². The van der Waals surface area contributed by atoms with Crippen molar-refractivity contribution in [3.8, 4) is 17.2 Å². The SMILES string of the molecule is O=C(C=Cc1cc(Br)ccc1OC(F)F)Nc1nnc(-c2ccccc2)o1. The van der Waals surface area contributed by atoms with Gasteiger partial charge in [0.1, 0.15) is 5.75 Å². The van der Waals surface area contributed by atoms with Crippen LogP contribution >= 0.6 is 15.9 Å². The number of hydrogen-bond donors (Lipinski definition) is 1. The smallest absolute Gasteiger partial charge is 0.387 e. The average molecular weight is 436 g/mol. The third-order valence-corrected chi connectivity index (χ3v) is 3.77. The van der Waals surface area contributed by atoms with Crippen LogP contribution in [0.4, 0.5) is 14.8 Å². The van der Waals surface area contributed by atoms with Crippen LogP contribution in [0.15, 0.2) is 63.5 Å². The van der Waals surface area contributed by atoms with E-state index in [-0.39, 0.29) is 17.7 Å². The zero-order valence-corrected chi connectivity index (χ0v) is 15.2. The number of hydrogen-bond acceptors (Lipinski definition) is 5. The summed E-state index contributed by atoms with van der Waals surface area (Å²) in [5.41, 5.74) is 1.01. The Labute approximate surface area is 161 Å². The van der Waals surface area contributed by atoms with Gasteiger partial charge in [-0.25, -0.2) is 0 Å². The topological polar surface area (TPSA) is 77.2 Å². The highest BCUT2D eigenvalue weighted by Crippen LogP contribution is 2.26. The van der Waals surface area contributed by atoms with Crippen molar-refractivity contribution in [3.63, 3.8) is 0 Å². The molecule has 138 valence electrons. The number of halogens is 3. The second-order valence-electron chi connectivity index (χ2n) is 5.16. The van der Waals surface area contributed by atoms with E-state index in [1.165, 1.54) is 12.1 Å². The highest BCUT2D eigenvalue weighted by molar-refractivity contribution is 9.10. The molecule has 0 atom stereocenters. The summed E-state index contributed by atoms with van der Waals surface area (Å²) >= 11 is 3.24. The van der Waals surface area contributed by atoms with Gasteiger partial charge < -0.3 is 9.15 Å². The maximum absolute atomic E-state index is 12.5. The minimum absolute atomic E-state index is 0.0543. The first kappa shape index (κ1) is 18.7. The molecule has 27 heavy (non-hydrogen) atoms. The minimum Gasteiger partial charge on any atom is -0.434 e. The van der Waals surface area contributed by atoms with E-state index in [1.54, 1.807) is 24.3 Å². The number of nitrogens with one attached hydrogen (secondary N) is 1. The van der Waals surface area contributed by atoms with Crippen molar-refractivity contribution in [2.24, 2.45) is 0 Å². The quantitative estimate of drug-likeness (QED) is 0.565. The highest BCUT2D eigenvalue weighted by atomic mass is 79.9. The molecule has 0 aliphatic rings. The van der Waals surface area contributed by atoms with Crippen LogP contribution in [0.3, 0.4) is 0 Å². The Hall–Kier alpha value is -3.07. The van der Waals surface area contributed by atoms with Gasteiger partial charge in [0.2, 0.25) is 5.89 Å². The van der Waals surface area contributed by atoms with Crippen LogP contribution in [0.1, 0.15) is 5.56 Å². The molecule has 9 heteroatoms. The lowest BCUT2D eigenvalue weighted by Crippen LogP contribution is -2.08. The first-order valence-electron chi connectivity index (χ1n) is 7.63. The molecule has 0 bridgehead atoms. The monoisotopic (exact) mass is 435 g/mol. The molecule has 1 N–H and O–H groups in total. The molecular formula is C18H12BrF2N3O3. The summed E-state index contributed by atoms with van der Waals surface area (Å²) in [4.78, 5) is 12.0. The van der Waals surface area contributed by atoms with E-state index in [1.807, 2.05) is 18.2 Å². The fourth-order valence-corrected chi connectivity index (χ4v) is 2.52. The fraction of sp³-hybridized carbons (Fsp3) is 0.0556. The van der Waals surface area contributed by atoms with Gasteiger partial charge in [-0.3, -0.25) is 10.1 Å². The number of rotatable bonds is 6. The van der Waals surface area contributed by atoms with Crippen LogP contribution in [-0.4, -0.2) is 22.7 Å². The largest absolute Gasteiger partial charge is 0.434 e. The van der Waals surface area contributed by atoms with Crippen molar-refractivity contribution in [1.29, 1.82) is 0 Å². The molecule has 3 rings (SSSR count). The van der Waals surface area contributed by atoms with E-state index in [0.29, 0.717) is 15.6 Å². The maximum atomic E-state index is 12.5. The predicted octanol–water partition coefficient (Wildman–Crippen LogP) is 4.75. The highest BCUT2D eigenvalue weighted by Gasteiger charge is 2.11. The van der Waals surface area contributed by atoms with Gasteiger partial charge in [0.15, 0.2) is 0 Å². The molecule has 1 amide bonds. The van der Waals surface area contributed by atoms with E-state index in [2.05, 4.69) is 36.2 Å². The normalized spacial score (nSPS) is 11.1. The van der Waals surface area contributed by atoms with E-state index in [4.69, 9.17) is 4.42 Å². The molecule has 6 nitrogen and oxygen atoms in total. The van der Waals surface area contributed by atoms with E-state index < -0.39 is 12.5 Å². The van der Waals surface area contributed by atoms with Crippen molar-refractivity contribution in [2.75, 3.05) is 5.32 Å². The standard InChI is InChI=1S/C18H12BrF2N3O3/c19-13-7-8-14(26-17(20)21)12(10-13)6-9-15(25)22-18-24-23-16(27-18)11-4-2-1-3-5-11/h1-10,17H,(H,22,24,25). The number of ether oxygens (including phenoxy) is 1. The molecule has 0 aliphatic carbocycles. The van der Waals surface area contributed by atoms with Crippen LogP contribution in [0.5, 0.6) is 5.75 Å². The Kier molecular flexibility index (Phi) is 5.92. The number of carbonyl (C=O) groups is 1. The Morgan fingerprint density at radius 3 is 2.70 bits per heavy atom. The van der Waals surface area contributed by atoms with Gasteiger partial charge in [0.25, 0.3) is 5.91 Å². The molecule has 0 radical (unpaired) electrons. The van der Waals surface area contributed by atoms with Gasteiger partial charge in [-0.1, -0.05) is 39.2 Å². The number of carbonyl (C=O) groups excluding carboxylic acids is 1. The van der Waals surface area contributed by atoms with E-state index in [9.17, 15) is 13.6 Å². The Morgan fingerprint density at radius 1 is 1.19 bits per heavy atom. The molecular weight excluding hydrogens is 424 g/mol. The molecule has 0 fully saturated rings. The zero-order chi connectivity index (χ0) is 19.2. The van der Waals surface area contributed by atoms with Gasteiger partial charge >= 0.3 is 12.6 Å². The Morgan fingerprint density at radius 2 is 1.96 bits per heavy atom. The molecule has 3 aromatic rings. The molecule has 0 spiro atoms. The van der Waals surface area contributed by atoms with Crippen LogP contribution in [0, 0.1) is 0 Å². The summed E-state index contributed by atoms with van der Waals surface area (Å²) in [5.74, 6) is -0.364. The van der Waals surface area contributed by atoms with Crippen LogP contribution < -0.4 is 10.1 Å². The second kappa shape index (κ2) is 8.54. The summed E-state index contributed by atoms with van der Waals surface area (Å²) in [6.45, 7) is -2.97. The number of benzene rings is 2. The third kappa shape index (κ3) is 5.20. The Balaban J connectivity index is 1.69. The molecule has 0 unspecified atom stereocenters. The van der Waals surface area contributed by atoms with Crippen molar-refractivity contribution in [3.05, 3.63) is 64.6 Å². The van der Waals surface area contributed by atoms with Gasteiger partial charge in [0.05, 0.1) is 0 Å². The fourth-order valence-electron chi connectivity index (χ4n) is 2.14. The summed E-state index contributed by atoms with van der Waals surface area (Å²) in [7, 11) is 0. The molecule has 0 saturated carbocycles. The summed E-state index contributed by atoms with van der Waals surface area (Å²) in [6, 6.07) is 13.4. The summed E-state index contributed by atoms with van der Waals surface area (Å²) < 4.78 is 35.4. The number of aromatic nitrogens is 2. The number of amides is 1. The molecule has 2 aromatic carbocycles. The van der Waals surface area contributed by atoms with Gasteiger partial charge in [0, 0.05) is 21.7 Å². The Bertz CT molecular complexity index is 961. The lowest BCUT2D eigenvalue weighted by Gasteiger charge is -2.08.